The normalized spacial score (nSPS) is 11.1. The van der Waals surface area contributed by atoms with Gasteiger partial charge in [0.1, 0.15) is 17.3 Å². The highest BCUT2D eigenvalue weighted by atomic mass is 79.9. The molecule has 0 aliphatic carbocycles. The van der Waals surface area contributed by atoms with Crippen LogP contribution in [-0.2, 0) is 0 Å². The predicted molar refractivity (Wildman–Crippen MR) is 80.4 cm³/mol. The van der Waals surface area contributed by atoms with Crippen LogP contribution in [0.2, 0.25) is 0 Å². The van der Waals surface area contributed by atoms with Gasteiger partial charge in [-0.1, -0.05) is 15.9 Å². The van der Waals surface area contributed by atoms with Gasteiger partial charge in [0.2, 0.25) is 0 Å². The molecule has 3 aromatic rings. The molecule has 0 aliphatic heterocycles. The molecular formula is C13H8Br2FN3. The van der Waals surface area contributed by atoms with Crippen molar-refractivity contribution >= 4 is 43.3 Å². The molecule has 0 atom stereocenters. The summed E-state index contributed by atoms with van der Waals surface area (Å²) in [4.78, 5) is 4.41. The van der Waals surface area contributed by atoms with Crippen LogP contribution < -0.4 is 5.73 Å². The molecule has 2 N–H and O–H groups in total. The largest absolute Gasteiger partial charge is 0.383 e. The zero-order valence-electron chi connectivity index (χ0n) is 9.57. The van der Waals surface area contributed by atoms with Crippen LogP contribution in [0, 0.1) is 5.82 Å². The number of imidazole rings is 1. The number of nitrogens with two attached hydrogens (primary N) is 1. The van der Waals surface area contributed by atoms with Gasteiger partial charge in [0, 0.05) is 16.2 Å². The fraction of sp³-hybridized carbons (Fsp3) is 0. The van der Waals surface area contributed by atoms with Crippen molar-refractivity contribution in [1.29, 1.82) is 0 Å². The Labute approximate surface area is 125 Å². The van der Waals surface area contributed by atoms with Crippen molar-refractivity contribution in [3.05, 3.63) is 51.3 Å². The van der Waals surface area contributed by atoms with Crippen LogP contribution >= 0.6 is 31.9 Å². The summed E-state index contributed by atoms with van der Waals surface area (Å²) < 4.78 is 17.2. The topological polar surface area (TPSA) is 43.3 Å². The lowest BCUT2D eigenvalue weighted by Gasteiger charge is -2.02. The van der Waals surface area contributed by atoms with Crippen molar-refractivity contribution in [2.45, 2.75) is 0 Å². The Morgan fingerprint density at radius 2 is 2.00 bits per heavy atom. The van der Waals surface area contributed by atoms with Gasteiger partial charge in [0.05, 0.1) is 4.47 Å². The average molecular weight is 385 g/mol. The number of rotatable bonds is 1. The van der Waals surface area contributed by atoms with E-state index in [2.05, 4.69) is 36.8 Å². The summed E-state index contributed by atoms with van der Waals surface area (Å²) in [6.45, 7) is 0. The van der Waals surface area contributed by atoms with Gasteiger partial charge in [-0.3, -0.25) is 4.40 Å². The third-order valence-electron chi connectivity index (χ3n) is 2.82. The van der Waals surface area contributed by atoms with Crippen LogP contribution in [0.15, 0.2) is 45.5 Å². The maximum atomic E-state index is 13.9. The van der Waals surface area contributed by atoms with E-state index in [1.807, 2.05) is 12.1 Å². The van der Waals surface area contributed by atoms with Crippen LogP contribution in [0.3, 0.4) is 0 Å². The zero-order valence-corrected chi connectivity index (χ0v) is 12.7. The predicted octanol–water partition coefficient (Wildman–Crippen LogP) is 4.25. The number of halogens is 3. The lowest BCUT2D eigenvalue weighted by molar-refractivity contribution is 0.630. The van der Waals surface area contributed by atoms with E-state index < -0.39 is 0 Å². The molecule has 3 nitrogen and oxygen atoms in total. The molecule has 1 aromatic carbocycles. The van der Waals surface area contributed by atoms with Gasteiger partial charge in [0.15, 0.2) is 5.65 Å². The molecule has 96 valence electrons. The SMILES string of the molecule is Nc1c(-c2cc(Br)ccc2F)nc2c(Br)cccn12. The summed E-state index contributed by atoms with van der Waals surface area (Å²) in [5, 5.41) is 0. The fourth-order valence-electron chi connectivity index (χ4n) is 1.93. The molecule has 0 bridgehead atoms. The van der Waals surface area contributed by atoms with E-state index in [1.54, 1.807) is 22.7 Å². The highest BCUT2D eigenvalue weighted by molar-refractivity contribution is 9.10. The van der Waals surface area contributed by atoms with Crippen LogP contribution in [0.1, 0.15) is 0 Å². The van der Waals surface area contributed by atoms with Gasteiger partial charge >= 0.3 is 0 Å². The maximum Gasteiger partial charge on any atom is 0.153 e. The Kier molecular flexibility index (Phi) is 3.06. The van der Waals surface area contributed by atoms with Crippen LogP contribution in [-0.4, -0.2) is 9.38 Å². The summed E-state index contributed by atoms with van der Waals surface area (Å²) in [6.07, 6.45) is 1.79. The lowest BCUT2D eigenvalue weighted by Crippen LogP contribution is -1.95. The van der Waals surface area contributed by atoms with Crippen molar-refractivity contribution < 1.29 is 4.39 Å². The number of aromatic nitrogens is 2. The highest BCUT2D eigenvalue weighted by Gasteiger charge is 2.16. The number of benzene rings is 1. The first-order valence-electron chi connectivity index (χ1n) is 5.45. The molecule has 2 heterocycles. The van der Waals surface area contributed by atoms with Crippen molar-refractivity contribution in [2.24, 2.45) is 0 Å². The summed E-state index contributed by atoms with van der Waals surface area (Å²) >= 11 is 6.73. The molecule has 0 spiro atoms. The Morgan fingerprint density at radius 3 is 2.74 bits per heavy atom. The van der Waals surface area contributed by atoms with Gasteiger partial charge in [-0.15, -0.1) is 0 Å². The minimum absolute atomic E-state index is 0.352. The average Bonchev–Trinajstić information content (AvgIpc) is 2.72. The van der Waals surface area contributed by atoms with E-state index in [0.29, 0.717) is 22.7 Å². The second kappa shape index (κ2) is 4.61. The first kappa shape index (κ1) is 12.6. The van der Waals surface area contributed by atoms with Crippen molar-refractivity contribution in [1.82, 2.24) is 9.38 Å². The van der Waals surface area contributed by atoms with Gasteiger partial charge in [-0.25, -0.2) is 9.37 Å². The molecule has 0 radical (unpaired) electrons. The highest BCUT2D eigenvalue weighted by Crippen LogP contribution is 2.32. The lowest BCUT2D eigenvalue weighted by atomic mass is 10.1. The minimum atomic E-state index is -0.352. The second-order valence-corrected chi connectivity index (χ2v) is 5.79. The molecule has 3 rings (SSSR count). The van der Waals surface area contributed by atoms with E-state index in [-0.39, 0.29) is 5.82 Å². The molecule has 19 heavy (non-hydrogen) atoms. The molecule has 0 amide bonds. The summed E-state index contributed by atoms with van der Waals surface area (Å²) in [5.41, 5.74) is 7.53. The minimum Gasteiger partial charge on any atom is -0.383 e. The molecule has 2 aromatic heterocycles. The smallest absolute Gasteiger partial charge is 0.153 e. The number of hydrogen-bond donors (Lipinski definition) is 1. The van der Waals surface area contributed by atoms with Crippen LogP contribution in [0.4, 0.5) is 10.2 Å². The summed E-state index contributed by atoms with van der Waals surface area (Å²) in [5.74, 6) is 0.0581. The Bertz CT molecular complexity index is 783. The van der Waals surface area contributed by atoms with Crippen LogP contribution in [0.5, 0.6) is 0 Å². The van der Waals surface area contributed by atoms with Gasteiger partial charge in [-0.2, -0.15) is 0 Å². The number of fused-ring (bicyclic) bond motifs is 1. The molecule has 0 saturated heterocycles. The first-order valence-corrected chi connectivity index (χ1v) is 7.04. The van der Waals surface area contributed by atoms with Crippen molar-refractivity contribution in [3.63, 3.8) is 0 Å². The molecule has 6 heteroatoms. The van der Waals surface area contributed by atoms with Crippen molar-refractivity contribution in [3.8, 4) is 11.3 Å². The van der Waals surface area contributed by atoms with E-state index in [0.717, 1.165) is 8.95 Å². The number of anilines is 1. The Morgan fingerprint density at radius 1 is 1.21 bits per heavy atom. The van der Waals surface area contributed by atoms with E-state index >= 15 is 0 Å². The maximum absolute atomic E-state index is 13.9. The molecular weight excluding hydrogens is 377 g/mol. The summed E-state index contributed by atoms with van der Waals surface area (Å²) in [7, 11) is 0. The number of nitrogen functional groups attached to an aromatic ring is 1. The van der Waals surface area contributed by atoms with Gasteiger partial charge < -0.3 is 5.73 Å². The molecule has 0 fully saturated rings. The Hall–Kier alpha value is -1.40. The molecule has 0 aliphatic rings. The van der Waals surface area contributed by atoms with Gasteiger partial charge in [0.25, 0.3) is 0 Å². The third-order valence-corrected chi connectivity index (χ3v) is 3.94. The number of pyridine rings is 1. The zero-order chi connectivity index (χ0) is 13.6. The Balaban J connectivity index is 2.34. The summed E-state index contributed by atoms with van der Waals surface area (Å²) in [6, 6.07) is 8.40. The van der Waals surface area contributed by atoms with E-state index in [1.165, 1.54) is 6.07 Å². The van der Waals surface area contributed by atoms with Gasteiger partial charge in [-0.05, 0) is 46.3 Å². The van der Waals surface area contributed by atoms with Crippen LogP contribution in [0.25, 0.3) is 16.9 Å². The fourth-order valence-corrected chi connectivity index (χ4v) is 2.72. The standard InChI is InChI=1S/C13H8Br2FN3/c14-7-3-4-10(16)8(6-7)11-12(17)19-5-1-2-9(15)13(19)18-11/h1-6H,17H2. The van der Waals surface area contributed by atoms with E-state index in [4.69, 9.17) is 5.73 Å². The monoisotopic (exact) mass is 383 g/mol. The second-order valence-electron chi connectivity index (χ2n) is 4.02. The van der Waals surface area contributed by atoms with E-state index in [9.17, 15) is 4.39 Å². The first-order chi connectivity index (χ1) is 9.08. The number of hydrogen-bond acceptors (Lipinski definition) is 2. The third kappa shape index (κ3) is 2.04. The number of nitrogens with zero attached hydrogens (tertiary/aromatic N) is 2. The van der Waals surface area contributed by atoms with Crippen molar-refractivity contribution in [2.75, 3.05) is 5.73 Å². The quantitative estimate of drug-likeness (QED) is 0.681. The molecule has 0 saturated carbocycles. The molecule has 0 unspecified atom stereocenters.